The summed E-state index contributed by atoms with van der Waals surface area (Å²) < 4.78 is 5.18. The Bertz CT molecular complexity index is 486. The number of carbonyl (C=O) groups excluding carboxylic acids is 1. The lowest BCUT2D eigenvalue weighted by Gasteiger charge is -2.25. The maximum Gasteiger partial charge on any atom is 0.319 e. The van der Waals surface area contributed by atoms with Crippen molar-refractivity contribution in [2.24, 2.45) is 0 Å². The molecule has 2 fully saturated rings. The number of urea groups is 1. The number of anilines is 1. The van der Waals surface area contributed by atoms with Gasteiger partial charge in [0.15, 0.2) is 0 Å². The van der Waals surface area contributed by atoms with Crippen molar-refractivity contribution in [3.8, 4) is 0 Å². The lowest BCUT2D eigenvalue weighted by atomic mass is 9.96. The Hall–Kier alpha value is -1.63. The van der Waals surface area contributed by atoms with Crippen molar-refractivity contribution >= 4 is 11.7 Å². The number of benzene rings is 1. The van der Waals surface area contributed by atoms with Crippen molar-refractivity contribution in [2.45, 2.75) is 44.6 Å². The molecular weight excluding hydrogens is 330 g/mol. The third kappa shape index (κ3) is 8.65. The maximum absolute atomic E-state index is 11.7. The van der Waals surface area contributed by atoms with E-state index >= 15 is 0 Å². The predicted molar refractivity (Wildman–Crippen MR) is 104 cm³/mol. The molecule has 1 aliphatic carbocycles. The zero-order valence-corrected chi connectivity index (χ0v) is 15.7. The van der Waals surface area contributed by atoms with Crippen LogP contribution >= 0.6 is 0 Å². The van der Waals surface area contributed by atoms with Gasteiger partial charge in [-0.1, -0.05) is 37.5 Å². The van der Waals surface area contributed by atoms with E-state index in [1.807, 2.05) is 30.3 Å². The highest BCUT2D eigenvalue weighted by Crippen LogP contribution is 2.17. The first-order chi connectivity index (χ1) is 12.8. The average Bonchev–Trinajstić information content (AvgIpc) is 2.69. The number of amides is 2. The highest BCUT2D eigenvalue weighted by atomic mass is 16.5. The van der Waals surface area contributed by atoms with Crippen LogP contribution in [0, 0.1) is 0 Å². The summed E-state index contributed by atoms with van der Waals surface area (Å²) in [5.41, 5.74) is 0.843. The van der Waals surface area contributed by atoms with E-state index in [2.05, 4.69) is 15.5 Å². The van der Waals surface area contributed by atoms with Gasteiger partial charge < -0.3 is 20.5 Å². The Morgan fingerprint density at radius 1 is 1.12 bits per heavy atom. The molecule has 6 heteroatoms. The number of rotatable bonds is 5. The van der Waals surface area contributed by atoms with Crippen molar-refractivity contribution in [3.63, 3.8) is 0 Å². The first-order valence-corrected chi connectivity index (χ1v) is 9.81. The minimum Gasteiger partial charge on any atom is -0.396 e. The fourth-order valence-electron chi connectivity index (χ4n) is 3.24. The van der Waals surface area contributed by atoms with Gasteiger partial charge >= 0.3 is 6.03 Å². The first-order valence-electron chi connectivity index (χ1n) is 9.81. The number of aliphatic hydroxyl groups is 1. The van der Waals surface area contributed by atoms with Gasteiger partial charge in [-0.25, -0.2) is 4.79 Å². The van der Waals surface area contributed by atoms with Gasteiger partial charge in [0.05, 0.1) is 13.2 Å². The van der Waals surface area contributed by atoms with E-state index in [0.29, 0.717) is 12.6 Å². The highest BCUT2D eigenvalue weighted by molar-refractivity contribution is 5.89. The third-order valence-electron chi connectivity index (χ3n) is 4.71. The largest absolute Gasteiger partial charge is 0.396 e. The minimum atomic E-state index is -0.0851. The lowest BCUT2D eigenvalue weighted by molar-refractivity contribution is 0.0353. The van der Waals surface area contributed by atoms with Crippen LogP contribution in [0.25, 0.3) is 0 Å². The SMILES string of the molecule is O=C(Nc1ccccc1)NC1CCCCC1.OCCCN1CCOCC1. The zero-order chi connectivity index (χ0) is 18.5. The van der Waals surface area contributed by atoms with E-state index in [1.165, 1.54) is 19.3 Å². The molecule has 0 bridgehead atoms. The van der Waals surface area contributed by atoms with Gasteiger partial charge in [0, 0.05) is 38.0 Å². The molecule has 1 aromatic rings. The quantitative estimate of drug-likeness (QED) is 0.752. The molecule has 0 unspecified atom stereocenters. The molecule has 1 heterocycles. The molecule has 0 aromatic heterocycles. The molecule has 1 aromatic carbocycles. The number of para-hydroxylation sites is 1. The molecule has 146 valence electrons. The molecule has 2 aliphatic rings. The second-order valence-electron chi connectivity index (χ2n) is 6.83. The molecule has 0 atom stereocenters. The summed E-state index contributed by atoms with van der Waals surface area (Å²) in [5.74, 6) is 0. The zero-order valence-electron chi connectivity index (χ0n) is 15.7. The minimum absolute atomic E-state index is 0.0851. The van der Waals surface area contributed by atoms with Gasteiger partial charge in [0.2, 0.25) is 0 Å². The summed E-state index contributed by atoms with van der Waals surface area (Å²) in [4.78, 5) is 14.0. The van der Waals surface area contributed by atoms with Crippen LogP contribution in [-0.4, -0.2) is 61.5 Å². The van der Waals surface area contributed by atoms with Gasteiger partial charge in [0.1, 0.15) is 0 Å². The van der Waals surface area contributed by atoms with Crippen LogP contribution in [0.4, 0.5) is 10.5 Å². The van der Waals surface area contributed by atoms with Gasteiger partial charge in [-0.15, -0.1) is 0 Å². The average molecular weight is 364 g/mol. The van der Waals surface area contributed by atoms with Gasteiger partial charge in [-0.3, -0.25) is 4.90 Å². The molecular formula is C20H33N3O3. The third-order valence-corrected chi connectivity index (χ3v) is 4.71. The van der Waals surface area contributed by atoms with Crippen molar-refractivity contribution in [2.75, 3.05) is 44.8 Å². The number of hydrogen-bond donors (Lipinski definition) is 3. The first kappa shape index (κ1) is 20.7. The second kappa shape index (κ2) is 12.7. The van der Waals surface area contributed by atoms with Gasteiger partial charge in [-0.2, -0.15) is 0 Å². The van der Waals surface area contributed by atoms with Crippen molar-refractivity contribution < 1.29 is 14.6 Å². The van der Waals surface area contributed by atoms with Gasteiger partial charge in [0.25, 0.3) is 0 Å². The molecule has 6 nitrogen and oxygen atoms in total. The van der Waals surface area contributed by atoms with Gasteiger partial charge in [-0.05, 0) is 31.4 Å². The maximum atomic E-state index is 11.7. The molecule has 1 aliphatic heterocycles. The monoisotopic (exact) mass is 363 g/mol. The second-order valence-corrected chi connectivity index (χ2v) is 6.83. The summed E-state index contributed by atoms with van der Waals surface area (Å²) in [6.07, 6.45) is 6.88. The molecule has 26 heavy (non-hydrogen) atoms. The van der Waals surface area contributed by atoms with Crippen molar-refractivity contribution in [1.29, 1.82) is 0 Å². The van der Waals surface area contributed by atoms with Crippen LogP contribution in [0.15, 0.2) is 30.3 Å². The normalized spacial score (nSPS) is 18.5. The summed E-state index contributed by atoms with van der Waals surface area (Å²) in [5, 5.41) is 14.4. The Morgan fingerprint density at radius 3 is 2.46 bits per heavy atom. The topological polar surface area (TPSA) is 73.8 Å². The number of nitrogens with zero attached hydrogens (tertiary/aromatic N) is 1. The van der Waals surface area contributed by atoms with E-state index in [-0.39, 0.29) is 6.03 Å². The summed E-state index contributed by atoms with van der Waals surface area (Å²) >= 11 is 0. The van der Waals surface area contributed by atoms with E-state index in [1.54, 1.807) is 0 Å². The van der Waals surface area contributed by atoms with Crippen molar-refractivity contribution in [3.05, 3.63) is 30.3 Å². The Kier molecular flexibility index (Phi) is 10.1. The predicted octanol–water partition coefficient (Wildman–Crippen LogP) is 2.84. The lowest BCUT2D eigenvalue weighted by Crippen LogP contribution is -2.38. The van der Waals surface area contributed by atoms with Crippen molar-refractivity contribution in [1.82, 2.24) is 10.2 Å². The van der Waals surface area contributed by atoms with Crippen LogP contribution in [0.3, 0.4) is 0 Å². The van der Waals surface area contributed by atoms with Crippen LogP contribution in [0.2, 0.25) is 0 Å². The van der Waals surface area contributed by atoms with E-state index in [0.717, 1.165) is 57.8 Å². The highest BCUT2D eigenvalue weighted by Gasteiger charge is 2.15. The fourth-order valence-corrected chi connectivity index (χ4v) is 3.24. The molecule has 0 radical (unpaired) electrons. The fraction of sp³-hybridized carbons (Fsp3) is 0.650. The number of morpholine rings is 1. The van der Waals surface area contributed by atoms with E-state index in [9.17, 15) is 4.79 Å². The molecule has 0 spiro atoms. The summed E-state index contributed by atoms with van der Waals surface area (Å²) in [7, 11) is 0. The Morgan fingerprint density at radius 2 is 1.81 bits per heavy atom. The Labute approximate surface area is 156 Å². The number of aliphatic hydroxyl groups excluding tert-OH is 1. The molecule has 2 amide bonds. The molecule has 1 saturated heterocycles. The summed E-state index contributed by atoms with van der Waals surface area (Å²) in [6, 6.07) is 9.81. The van der Waals surface area contributed by atoms with Crippen LogP contribution in [-0.2, 0) is 4.74 Å². The van der Waals surface area contributed by atoms with E-state index in [4.69, 9.17) is 9.84 Å². The smallest absolute Gasteiger partial charge is 0.319 e. The number of nitrogens with one attached hydrogen (secondary N) is 2. The van der Waals surface area contributed by atoms with Crippen LogP contribution in [0.5, 0.6) is 0 Å². The van der Waals surface area contributed by atoms with E-state index < -0.39 is 0 Å². The molecule has 3 N–H and O–H groups in total. The molecule has 1 saturated carbocycles. The van der Waals surface area contributed by atoms with Crippen LogP contribution < -0.4 is 10.6 Å². The summed E-state index contributed by atoms with van der Waals surface area (Å²) in [6.45, 7) is 5.08. The number of carbonyl (C=O) groups is 1. The standard InChI is InChI=1S/C13H18N2O.C7H15NO2/c16-13(14-11-7-3-1-4-8-11)15-12-9-5-2-6-10-12;9-5-1-2-8-3-6-10-7-4-8/h1,3-4,7-8,12H,2,5-6,9-10H2,(H2,14,15,16);9H,1-7H2. The Balaban J connectivity index is 0.000000209. The molecule has 3 rings (SSSR count). The van der Waals surface area contributed by atoms with Crippen LogP contribution in [0.1, 0.15) is 38.5 Å². The number of hydrogen-bond acceptors (Lipinski definition) is 4. The number of ether oxygens (including phenoxy) is 1.